The van der Waals surface area contributed by atoms with Crippen LogP contribution in [-0.2, 0) is 0 Å². The molecule has 1 unspecified atom stereocenters. The number of carbonyl (C=O) groups is 1. The highest BCUT2D eigenvalue weighted by Crippen LogP contribution is 2.25. The van der Waals surface area contributed by atoms with Gasteiger partial charge in [-0.3, -0.25) is 14.6 Å². The molecule has 6 nitrogen and oxygen atoms in total. The van der Waals surface area contributed by atoms with Crippen LogP contribution in [0.4, 0.5) is 5.69 Å². The lowest BCUT2D eigenvalue weighted by molar-refractivity contribution is 0.0368. The molecule has 1 saturated heterocycles. The van der Waals surface area contributed by atoms with Gasteiger partial charge in [0, 0.05) is 43.0 Å². The molecule has 0 bridgehead atoms. The molecular formula is C23H32N4O2. The van der Waals surface area contributed by atoms with Gasteiger partial charge in [-0.15, -0.1) is 0 Å². The van der Waals surface area contributed by atoms with E-state index in [1.54, 1.807) is 0 Å². The van der Waals surface area contributed by atoms with Crippen LogP contribution >= 0.6 is 0 Å². The van der Waals surface area contributed by atoms with E-state index in [0.29, 0.717) is 17.8 Å². The number of para-hydroxylation sites is 1. The Balaban J connectivity index is 1.80. The van der Waals surface area contributed by atoms with Gasteiger partial charge in [0.25, 0.3) is 5.91 Å². The highest BCUT2D eigenvalue weighted by molar-refractivity contribution is 5.94. The summed E-state index contributed by atoms with van der Waals surface area (Å²) in [7, 11) is 0. The van der Waals surface area contributed by atoms with Crippen molar-refractivity contribution in [1.82, 2.24) is 15.1 Å². The lowest BCUT2D eigenvalue weighted by atomic mass is 10.1. The van der Waals surface area contributed by atoms with E-state index in [1.165, 1.54) is 0 Å². The second kappa shape index (κ2) is 9.39. The lowest BCUT2D eigenvalue weighted by Crippen LogP contribution is -2.44. The first-order valence-electron chi connectivity index (χ1n) is 10.2. The van der Waals surface area contributed by atoms with E-state index >= 15 is 0 Å². The van der Waals surface area contributed by atoms with E-state index in [4.69, 9.17) is 5.73 Å². The first kappa shape index (κ1) is 21.3. The Kier molecular flexibility index (Phi) is 6.90. The molecule has 2 aromatic rings. The summed E-state index contributed by atoms with van der Waals surface area (Å²) >= 11 is 0. The molecule has 156 valence electrons. The maximum absolute atomic E-state index is 12.9. The van der Waals surface area contributed by atoms with Crippen LogP contribution in [0.1, 0.15) is 42.4 Å². The third-order valence-electron chi connectivity index (χ3n) is 5.19. The standard InChI is InChI=1S/C23H32N4O2/c1-23(2,29)17-26-13-8-14-27(16-15-26)21(19-11-6-7-12-20(19)24)25-22(28)18-9-4-3-5-10-18/h3-7,9-12,21,29H,8,13-17,24H2,1-2H3,(H,25,28). The van der Waals surface area contributed by atoms with E-state index in [2.05, 4.69) is 15.1 Å². The maximum atomic E-state index is 12.9. The molecule has 6 heteroatoms. The summed E-state index contributed by atoms with van der Waals surface area (Å²) in [5, 5.41) is 13.4. The number of nitrogens with two attached hydrogens (primary N) is 1. The number of aliphatic hydroxyl groups is 1. The summed E-state index contributed by atoms with van der Waals surface area (Å²) in [5.74, 6) is -0.114. The van der Waals surface area contributed by atoms with E-state index < -0.39 is 5.60 Å². The topological polar surface area (TPSA) is 81.8 Å². The van der Waals surface area contributed by atoms with Crippen molar-refractivity contribution in [3.63, 3.8) is 0 Å². The zero-order chi connectivity index (χ0) is 20.9. The molecule has 0 radical (unpaired) electrons. The van der Waals surface area contributed by atoms with E-state index in [0.717, 1.165) is 38.2 Å². The van der Waals surface area contributed by atoms with Crippen molar-refractivity contribution in [2.24, 2.45) is 0 Å². The molecule has 1 heterocycles. The van der Waals surface area contributed by atoms with Crippen LogP contribution in [0.25, 0.3) is 0 Å². The van der Waals surface area contributed by atoms with Crippen LogP contribution in [0.5, 0.6) is 0 Å². The summed E-state index contributed by atoms with van der Waals surface area (Å²) in [6.45, 7) is 7.68. The fourth-order valence-electron chi connectivity index (χ4n) is 3.88. The molecule has 1 amide bonds. The SMILES string of the molecule is CC(C)(O)CN1CCCN(C(NC(=O)c2ccccc2)c2ccccc2N)CC1. The number of rotatable bonds is 6. The quantitative estimate of drug-likeness (QED) is 0.654. The molecule has 29 heavy (non-hydrogen) atoms. The fourth-order valence-corrected chi connectivity index (χ4v) is 3.88. The van der Waals surface area contributed by atoms with Gasteiger partial charge >= 0.3 is 0 Å². The molecule has 2 aromatic carbocycles. The van der Waals surface area contributed by atoms with E-state index in [1.807, 2.05) is 68.4 Å². The minimum Gasteiger partial charge on any atom is -0.398 e. The Bertz CT molecular complexity index is 804. The molecule has 0 aliphatic carbocycles. The first-order valence-corrected chi connectivity index (χ1v) is 10.2. The average Bonchev–Trinajstić information content (AvgIpc) is 2.91. The van der Waals surface area contributed by atoms with Gasteiger partial charge in [0.2, 0.25) is 0 Å². The van der Waals surface area contributed by atoms with Crippen molar-refractivity contribution in [2.75, 3.05) is 38.5 Å². The summed E-state index contributed by atoms with van der Waals surface area (Å²) < 4.78 is 0. The Morgan fingerprint density at radius 1 is 1.07 bits per heavy atom. The molecular weight excluding hydrogens is 364 g/mol. The molecule has 0 aromatic heterocycles. The third kappa shape index (κ3) is 6.03. The highest BCUT2D eigenvalue weighted by atomic mass is 16.3. The Morgan fingerprint density at radius 2 is 1.76 bits per heavy atom. The molecule has 1 aliphatic heterocycles. The van der Waals surface area contributed by atoms with Crippen molar-refractivity contribution in [1.29, 1.82) is 0 Å². The number of nitrogens with one attached hydrogen (secondary N) is 1. The number of amides is 1. The second-order valence-corrected chi connectivity index (χ2v) is 8.35. The number of anilines is 1. The number of carbonyl (C=O) groups excluding carboxylic acids is 1. The fraction of sp³-hybridized carbons (Fsp3) is 0.435. The van der Waals surface area contributed by atoms with Crippen molar-refractivity contribution in [2.45, 2.75) is 32.0 Å². The number of β-amino-alcohol motifs (C(OH)–C–C–N with tert-alkyl or cyclic N) is 1. The summed E-state index contributed by atoms with van der Waals surface area (Å²) in [6, 6.07) is 17.0. The molecule has 1 atom stereocenters. The van der Waals surface area contributed by atoms with Gasteiger partial charge in [-0.25, -0.2) is 0 Å². The molecule has 0 saturated carbocycles. The first-order chi connectivity index (χ1) is 13.8. The molecule has 4 N–H and O–H groups in total. The van der Waals surface area contributed by atoms with Crippen molar-refractivity contribution >= 4 is 11.6 Å². The Hall–Kier alpha value is -2.41. The molecule has 1 aliphatic rings. The van der Waals surface area contributed by atoms with Crippen LogP contribution in [0.3, 0.4) is 0 Å². The highest BCUT2D eigenvalue weighted by Gasteiger charge is 2.28. The maximum Gasteiger partial charge on any atom is 0.252 e. The summed E-state index contributed by atoms with van der Waals surface area (Å²) in [5.41, 5.74) is 7.76. The van der Waals surface area contributed by atoms with Gasteiger partial charge in [-0.1, -0.05) is 36.4 Å². The van der Waals surface area contributed by atoms with Crippen molar-refractivity contribution in [3.8, 4) is 0 Å². The van der Waals surface area contributed by atoms with Crippen LogP contribution in [-0.4, -0.2) is 59.1 Å². The second-order valence-electron chi connectivity index (χ2n) is 8.35. The van der Waals surface area contributed by atoms with Gasteiger partial charge < -0.3 is 16.2 Å². The smallest absolute Gasteiger partial charge is 0.252 e. The summed E-state index contributed by atoms with van der Waals surface area (Å²) in [4.78, 5) is 17.5. The Morgan fingerprint density at radius 3 is 2.45 bits per heavy atom. The lowest BCUT2D eigenvalue weighted by Gasteiger charge is -2.33. The monoisotopic (exact) mass is 396 g/mol. The third-order valence-corrected chi connectivity index (χ3v) is 5.19. The largest absolute Gasteiger partial charge is 0.398 e. The molecule has 3 rings (SSSR count). The van der Waals surface area contributed by atoms with E-state index in [-0.39, 0.29) is 12.1 Å². The normalized spacial score (nSPS) is 17.5. The van der Waals surface area contributed by atoms with Gasteiger partial charge in [0.1, 0.15) is 6.17 Å². The summed E-state index contributed by atoms with van der Waals surface area (Å²) in [6.07, 6.45) is 0.659. The molecule has 0 spiro atoms. The zero-order valence-corrected chi connectivity index (χ0v) is 17.3. The van der Waals surface area contributed by atoms with Crippen LogP contribution in [0.15, 0.2) is 54.6 Å². The number of nitrogens with zero attached hydrogens (tertiary/aromatic N) is 2. The van der Waals surface area contributed by atoms with Gasteiger partial charge in [-0.2, -0.15) is 0 Å². The zero-order valence-electron chi connectivity index (χ0n) is 17.3. The number of benzene rings is 2. The van der Waals surface area contributed by atoms with Gasteiger partial charge in [0.05, 0.1) is 5.60 Å². The number of nitrogen functional groups attached to an aromatic ring is 1. The predicted octanol–water partition coefficient (Wildman–Crippen LogP) is 2.48. The predicted molar refractivity (Wildman–Crippen MR) is 116 cm³/mol. The van der Waals surface area contributed by atoms with Crippen LogP contribution in [0.2, 0.25) is 0 Å². The minimum atomic E-state index is -0.722. The average molecular weight is 397 g/mol. The minimum absolute atomic E-state index is 0.114. The van der Waals surface area contributed by atoms with Crippen LogP contribution < -0.4 is 11.1 Å². The molecule has 1 fully saturated rings. The van der Waals surface area contributed by atoms with Gasteiger partial charge in [-0.05, 0) is 45.0 Å². The van der Waals surface area contributed by atoms with Crippen LogP contribution in [0, 0.1) is 0 Å². The van der Waals surface area contributed by atoms with E-state index in [9.17, 15) is 9.90 Å². The van der Waals surface area contributed by atoms with Gasteiger partial charge in [0.15, 0.2) is 0 Å². The number of hydrogen-bond acceptors (Lipinski definition) is 5. The Labute approximate surface area is 173 Å². The number of hydrogen-bond donors (Lipinski definition) is 3. The van der Waals surface area contributed by atoms with Crippen molar-refractivity contribution < 1.29 is 9.90 Å². The van der Waals surface area contributed by atoms with Crippen molar-refractivity contribution in [3.05, 3.63) is 65.7 Å².